The van der Waals surface area contributed by atoms with Crippen LogP contribution in [-0.2, 0) is 10.8 Å². The quantitative estimate of drug-likeness (QED) is 0.806. The lowest BCUT2D eigenvalue weighted by Gasteiger charge is -2.05. The predicted octanol–water partition coefficient (Wildman–Crippen LogP) is 3.64. The van der Waals surface area contributed by atoms with Crippen molar-refractivity contribution in [3.05, 3.63) is 64.7 Å². The third-order valence-electron chi connectivity index (χ3n) is 2.77. The van der Waals surface area contributed by atoms with Crippen molar-refractivity contribution < 1.29 is 9.00 Å². The molecule has 1 unspecified atom stereocenters. The molecular formula is C15H13ClO2S. The van der Waals surface area contributed by atoms with Gasteiger partial charge in [0.15, 0.2) is 5.78 Å². The van der Waals surface area contributed by atoms with Crippen LogP contribution < -0.4 is 0 Å². The number of Topliss-reactive ketones (excluding diaryl/α,β-unsaturated/α-hetero) is 1. The molecular weight excluding hydrogens is 280 g/mol. The summed E-state index contributed by atoms with van der Waals surface area (Å²) in [6, 6.07) is 14.1. The van der Waals surface area contributed by atoms with E-state index in [4.69, 9.17) is 11.6 Å². The fourth-order valence-corrected chi connectivity index (χ4v) is 3.08. The maximum atomic E-state index is 12.1. The van der Waals surface area contributed by atoms with Gasteiger partial charge in [0, 0.05) is 15.5 Å². The number of hydrogen-bond donors (Lipinski definition) is 0. The summed E-state index contributed by atoms with van der Waals surface area (Å²) in [5, 5.41) is 0.522. The minimum absolute atomic E-state index is 0.0226. The van der Waals surface area contributed by atoms with Gasteiger partial charge in [-0.3, -0.25) is 9.00 Å². The fourth-order valence-electron chi connectivity index (χ4n) is 1.77. The van der Waals surface area contributed by atoms with Crippen LogP contribution in [0.3, 0.4) is 0 Å². The van der Waals surface area contributed by atoms with Gasteiger partial charge in [0.25, 0.3) is 0 Å². The summed E-state index contributed by atoms with van der Waals surface area (Å²) < 4.78 is 12.1. The third kappa shape index (κ3) is 3.52. The van der Waals surface area contributed by atoms with Crippen LogP contribution in [0, 0.1) is 6.92 Å². The van der Waals surface area contributed by atoms with Gasteiger partial charge in [-0.25, -0.2) is 0 Å². The Morgan fingerprint density at radius 2 is 1.89 bits per heavy atom. The van der Waals surface area contributed by atoms with Crippen molar-refractivity contribution in [2.24, 2.45) is 0 Å². The molecule has 0 aromatic heterocycles. The lowest BCUT2D eigenvalue weighted by atomic mass is 10.1. The molecule has 4 heteroatoms. The largest absolute Gasteiger partial charge is 0.293 e. The molecule has 0 N–H and O–H groups in total. The number of rotatable bonds is 4. The van der Waals surface area contributed by atoms with E-state index in [0.29, 0.717) is 15.5 Å². The van der Waals surface area contributed by atoms with Crippen molar-refractivity contribution >= 4 is 28.2 Å². The Labute approximate surface area is 119 Å². The number of aryl methyl sites for hydroxylation is 1. The SMILES string of the molecule is Cc1ccccc1C(=O)CS(=O)c1cccc(Cl)c1. The molecule has 0 aliphatic heterocycles. The van der Waals surface area contributed by atoms with Crippen LogP contribution in [0.2, 0.25) is 5.02 Å². The second-order valence-corrected chi connectivity index (χ2v) is 6.07. The summed E-state index contributed by atoms with van der Waals surface area (Å²) in [6.45, 7) is 1.87. The highest BCUT2D eigenvalue weighted by Crippen LogP contribution is 2.16. The predicted molar refractivity (Wildman–Crippen MR) is 78.2 cm³/mol. The van der Waals surface area contributed by atoms with E-state index in [1.807, 2.05) is 25.1 Å². The fraction of sp³-hybridized carbons (Fsp3) is 0.133. The summed E-state index contributed by atoms with van der Waals surface area (Å²) in [5.74, 6) is -0.137. The topological polar surface area (TPSA) is 34.1 Å². The zero-order valence-electron chi connectivity index (χ0n) is 10.4. The Morgan fingerprint density at radius 3 is 2.58 bits per heavy atom. The average molecular weight is 293 g/mol. The average Bonchev–Trinajstić information content (AvgIpc) is 2.39. The van der Waals surface area contributed by atoms with E-state index < -0.39 is 10.8 Å². The van der Waals surface area contributed by atoms with Crippen LogP contribution in [0.5, 0.6) is 0 Å². The van der Waals surface area contributed by atoms with Crippen molar-refractivity contribution in [1.29, 1.82) is 0 Å². The molecule has 0 heterocycles. The summed E-state index contributed by atoms with van der Waals surface area (Å²) in [7, 11) is -1.37. The molecule has 2 aromatic carbocycles. The molecule has 0 saturated heterocycles. The maximum Gasteiger partial charge on any atom is 0.175 e. The van der Waals surface area contributed by atoms with Gasteiger partial charge < -0.3 is 0 Å². The Balaban J connectivity index is 2.16. The molecule has 0 bridgehead atoms. The molecule has 19 heavy (non-hydrogen) atoms. The van der Waals surface area contributed by atoms with Gasteiger partial charge in [-0.1, -0.05) is 41.9 Å². The maximum absolute atomic E-state index is 12.1. The van der Waals surface area contributed by atoms with Gasteiger partial charge in [-0.2, -0.15) is 0 Å². The zero-order chi connectivity index (χ0) is 13.8. The lowest BCUT2D eigenvalue weighted by Crippen LogP contribution is -2.12. The Kier molecular flexibility index (Phi) is 4.51. The molecule has 2 nitrogen and oxygen atoms in total. The van der Waals surface area contributed by atoms with Crippen LogP contribution >= 0.6 is 11.6 Å². The van der Waals surface area contributed by atoms with E-state index in [-0.39, 0.29) is 11.5 Å². The third-order valence-corrected chi connectivity index (χ3v) is 4.31. The summed E-state index contributed by atoms with van der Waals surface area (Å²) in [5.41, 5.74) is 1.52. The molecule has 0 spiro atoms. The van der Waals surface area contributed by atoms with Crippen LogP contribution in [0.15, 0.2) is 53.4 Å². The highest BCUT2D eigenvalue weighted by atomic mass is 35.5. The van der Waals surface area contributed by atoms with Gasteiger partial charge >= 0.3 is 0 Å². The molecule has 1 atom stereocenters. The van der Waals surface area contributed by atoms with Crippen LogP contribution in [0.4, 0.5) is 0 Å². The minimum Gasteiger partial charge on any atom is -0.293 e. The van der Waals surface area contributed by atoms with Gasteiger partial charge in [0.05, 0.1) is 16.6 Å². The van der Waals surface area contributed by atoms with E-state index in [9.17, 15) is 9.00 Å². The molecule has 0 aliphatic carbocycles. The highest BCUT2D eigenvalue weighted by Gasteiger charge is 2.14. The smallest absolute Gasteiger partial charge is 0.175 e. The summed E-state index contributed by atoms with van der Waals surface area (Å²) >= 11 is 5.85. The molecule has 2 rings (SSSR count). The van der Waals surface area contributed by atoms with Crippen LogP contribution in [0.25, 0.3) is 0 Å². The number of hydrogen-bond acceptors (Lipinski definition) is 2. The van der Waals surface area contributed by atoms with E-state index in [1.54, 1.807) is 30.3 Å². The summed E-state index contributed by atoms with van der Waals surface area (Å²) in [4.78, 5) is 12.7. The number of ketones is 1. The summed E-state index contributed by atoms with van der Waals surface area (Å²) in [6.07, 6.45) is 0. The molecule has 98 valence electrons. The first-order chi connectivity index (χ1) is 9.08. The van der Waals surface area contributed by atoms with Crippen molar-refractivity contribution in [2.75, 3.05) is 5.75 Å². The molecule has 0 aliphatic rings. The van der Waals surface area contributed by atoms with Crippen molar-refractivity contribution in [3.63, 3.8) is 0 Å². The van der Waals surface area contributed by atoms with E-state index in [2.05, 4.69) is 0 Å². The molecule has 0 fully saturated rings. The Morgan fingerprint density at radius 1 is 1.16 bits per heavy atom. The van der Waals surface area contributed by atoms with E-state index in [0.717, 1.165) is 5.56 Å². The lowest BCUT2D eigenvalue weighted by molar-refractivity contribution is 0.102. The van der Waals surface area contributed by atoms with Crippen LogP contribution in [0.1, 0.15) is 15.9 Å². The van der Waals surface area contributed by atoms with Crippen molar-refractivity contribution in [3.8, 4) is 0 Å². The zero-order valence-corrected chi connectivity index (χ0v) is 12.0. The van der Waals surface area contributed by atoms with Crippen LogP contribution in [-0.4, -0.2) is 15.7 Å². The molecule has 0 saturated carbocycles. The highest BCUT2D eigenvalue weighted by molar-refractivity contribution is 7.85. The first-order valence-corrected chi connectivity index (χ1v) is 7.50. The Bertz CT molecular complexity index is 638. The van der Waals surface area contributed by atoms with Crippen molar-refractivity contribution in [2.45, 2.75) is 11.8 Å². The number of halogens is 1. The first-order valence-electron chi connectivity index (χ1n) is 5.80. The van der Waals surface area contributed by atoms with Gasteiger partial charge in [-0.15, -0.1) is 0 Å². The van der Waals surface area contributed by atoms with Gasteiger partial charge in [0.2, 0.25) is 0 Å². The standard InChI is InChI=1S/C15H13ClO2S/c1-11-5-2-3-8-14(11)15(17)10-19(18)13-7-4-6-12(16)9-13/h2-9H,10H2,1H3. The number of carbonyl (C=O) groups is 1. The van der Waals surface area contributed by atoms with E-state index >= 15 is 0 Å². The normalized spacial score (nSPS) is 12.1. The van der Waals surface area contributed by atoms with E-state index in [1.165, 1.54) is 0 Å². The Hall–Kier alpha value is -1.45. The monoisotopic (exact) mass is 292 g/mol. The van der Waals surface area contributed by atoms with Gasteiger partial charge in [0.1, 0.15) is 0 Å². The second-order valence-electron chi connectivity index (χ2n) is 4.19. The van der Waals surface area contributed by atoms with Crippen molar-refractivity contribution in [1.82, 2.24) is 0 Å². The minimum atomic E-state index is -1.37. The molecule has 2 aromatic rings. The molecule has 0 amide bonds. The number of benzene rings is 2. The molecule has 0 radical (unpaired) electrons. The second kappa shape index (κ2) is 6.13. The number of carbonyl (C=O) groups excluding carboxylic acids is 1. The first kappa shape index (κ1) is 14.0. The van der Waals surface area contributed by atoms with Gasteiger partial charge in [-0.05, 0) is 30.7 Å².